The van der Waals surface area contributed by atoms with Gasteiger partial charge in [-0.2, -0.15) is 4.99 Å². The van der Waals surface area contributed by atoms with E-state index in [0.717, 1.165) is 12.8 Å². The Balaban J connectivity index is 2.05. The molecule has 1 amide bonds. The van der Waals surface area contributed by atoms with Gasteiger partial charge in [-0.1, -0.05) is 0 Å². The lowest BCUT2D eigenvalue weighted by Crippen LogP contribution is -2.42. The van der Waals surface area contributed by atoms with Gasteiger partial charge >= 0.3 is 5.97 Å². The van der Waals surface area contributed by atoms with E-state index in [-0.39, 0.29) is 17.8 Å². The zero-order chi connectivity index (χ0) is 15.9. The molecule has 116 valence electrons. The maximum absolute atomic E-state index is 12.5. The van der Waals surface area contributed by atoms with Crippen molar-refractivity contribution in [3.05, 3.63) is 29.8 Å². The zero-order valence-electron chi connectivity index (χ0n) is 12.4. The summed E-state index contributed by atoms with van der Waals surface area (Å²) in [6.07, 6.45) is 2.98. The van der Waals surface area contributed by atoms with Crippen molar-refractivity contribution in [1.82, 2.24) is 4.90 Å². The molecule has 0 spiro atoms. The van der Waals surface area contributed by atoms with Crippen LogP contribution in [0, 0.1) is 5.92 Å². The fraction of sp³-hybridized carbons (Fsp3) is 0.438. The fourth-order valence-electron chi connectivity index (χ4n) is 2.53. The molecule has 1 aliphatic heterocycles. The van der Waals surface area contributed by atoms with Crippen LogP contribution in [-0.2, 0) is 14.3 Å². The maximum atomic E-state index is 12.5. The minimum atomic E-state index is -0.253. The minimum Gasteiger partial charge on any atom is -0.466 e. The highest BCUT2D eigenvalue weighted by atomic mass is 16.5. The molecule has 6 heteroatoms. The topological polar surface area (TPSA) is 76.0 Å². The average Bonchev–Trinajstić information content (AvgIpc) is 2.55. The van der Waals surface area contributed by atoms with Crippen molar-refractivity contribution in [2.24, 2.45) is 10.9 Å². The molecule has 1 aromatic carbocycles. The molecule has 1 saturated heterocycles. The number of hydrogen-bond donors (Lipinski definition) is 0. The molecule has 2 rings (SSSR count). The van der Waals surface area contributed by atoms with Gasteiger partial charge in [-0.05, 0) is 44.0 Å². The Morgan fingerprint density at radius 2 is 2.09 bits per heavy atom. The van der Waals surface area contributed by atoms with E-state index in [1.54, 1.807) is 36.1 Å². The smallest absolute Gasteiger partial charge is 0.310 e. The molecular weight excluding hydrogens is 284 g/mol. The highest BCUT2D eigenvalue weighted by Crippen LogP contribution is 2.21. The van der Waals surface area contributed by atoms with Gasteiger partial charge in [-0.3, -0.25) is 9.59 Å². The summed E-state index contributed by atoms with van der Waals surface area (Å²) in [6.45, 7) is 3.13. The van der Waals surface area contributed by atoms with Crippen LogP contribution >= 0.6 is 0 Å². The van der Waals surface area contributed by atoms with Gasteiger partial charge in [0.1, 0.15) is 0 Å². The summed E-state index contributed by atoms with van der Waals surface area (Å²) in [6, 6.07) is 6.41. The van der Waals surface area contributed by atoms with E-state index >= 15 is 0 Å². The van der Waals surface area contributed by atoms with Crippen molar-refractivity contribution in [2.45, 2.75) is 19.8 Å². The second-order valence-corrected chi connectivity index (χ2v) is 5.09. The Labute approximate surface area is 128 Å². The molecule has 1 aromatic rings. The van der Waals surface area contributed by atoms with Gasteiger partial charge in [-0.25, -0.2) is 4.79 Å². The normalized spacial score (nSPS) is 17.5. The van der Waals surface area contributed by atoms with Crippen LogP contribution in [0.5, 0.6) is 0 Å². The molecule has 0 N–H and O–H groups in total. The molecule has 1 aliphatic rings. The molecule has 0 radical (unpaired) electrons. The predicted octanol–water partition coefficient (Wildman–Crippen LogP) is 2.07. The number of rotatable bonds is 4. The third-order valence-electron chi connectivity index (χ3n) is 3.62. The standard InChI is InChI=1S/C16H18N2O4/c1-2-22-16(21)13-4-3-9-18(10-13)15(20)12-5-7-14(8-6-12)17-11-19/h5-8,13H,2-4,9-10H2,1H3. The van der Waals surface area contributed by atoms with Crippen LogP contribution in [0.2, 0.25) is 0 Å². The summed E-state index contributed by atoms with van der Waals surface area (Å²) in [4.78, 5) is 39.6. The first-order chi connectivity index (χ1) is 10.7. The number of esters is 1. The van der Waals surface area contributed by atoms with Gasteiger partial charge in [0.05, 0.1) is 18.2 Å². The number of carbonyl (C=O) groups is 2. The first-order valence-corrected chi connectivity index (χ1v) is 7.29. The lowest BCUT2D eigenvalue weighted by Gasteiger charge is -2.31. The Kier molecular flexibility index (Phi) is 5.44. The molecule has 0 saturated carbocycles. The van der Waals surface area contributed by atoms with E-state index in [1.165, 1.54) is 6.08 Å². The largest absolute Gasteiger partial charge is 0.466 e. The quantitative estimate of drug-likeness (QED) is 0.485. The van der Waals surface area contributed by atoms with Crippen molar-refractivity contribution >= 4 is 23.6 Å². The third-order valence-corrected chi connectivity index (χ3v) is 3.62. The maximum Gasteiger partial charge on any atom is 0.310 e. The van der Waals surface area contributed by atoms with Crippen molar-refractivity contribution in [1.29, 1.82) is 0 Å². The SMILES string of the molecule is CCOC(=O)C1CCCN(C(=O)c2ccc(N=C=O)cc2)C1. The number of carbonyl (C=O) groups excluding carboxylic acids is 3. The average molecular weight is 302 g/mol. The number of piperidine rings is 1. The van der Waals surface area contributed by atoms with Crippen LogP contribution in [0.3, 0.4) is 0 Å². The Hall–Kier alpha value is -2.46. The van der Waals surface area contributed by atoms with Gasteiger partial charge in [0.25, 0.3) is 5.91 Å². The van der Waals surface area contributed by atoms with E-state index in [2.05, 4.69) is 4.99 Å². The molecule has 1 unspecified atom stereocenters. The van der Waals surface area contributed by atoms with E-state index < -0.39 is 0 Å². The van der Waals surface area contributed by atoms with Crippen LogP contribution in [0.15, 0.2) is 29.3 Å². The van der Waals surface area contributed by atoms with Crippen LogP contribution in [0.1, 0.15) is 30.1 Å². The van der Waals surface area contributed by atoms with Crippen LogP contribution in [0.25, 0.3) is 0 Å². The van der Waals surface area contributed by atoms with Crippen molar-refractivity contribution in [2.75, 3.05) is 19.7 Å². The summed E-state index contributed by atoms with van der Waals surface area (Å²) in [5.74, 6) is -0.622. The first kappa shape index (κ1) is 15.9. The number of hydrogen-bond acceptors (Lipinski definition) is 5. The van der Waals surface area contributed by atoms with Crippen molar-refractivity contribution in [3.8, 4) is 0 Å². The Morgan fingerprint density at radius 3 is 2.73 bits per heavy atom. The van der Waals surface area contributed by atoms with Gasteiger partial charge in [0.2, 0.25) is 6.08 Å². The van der Waals surface area contributed by atoms with Crippen molar-refractivity contribution < 1.29 is 19.1 Å². The molecule has 0 aliphatic carbocycles. The second-order valence-electron chi connectivity index (χ2n) is 5.09. The summed E-state index contributed by atoms with van der Waals surface area (Å²) in [5, 5.41) is 0. The summed E-state index contributed by atoms with van der Waals surface area (Å²) in [7, 11) is 0. The lowest BCUT2D eigenvalue weighted by molar-refractivity contribution is -0.149. The van der Waals surface area contributed by atoms with Crippen LogP contribution < -0.4 is 0 Å². The molecule has 1 heterocycles. The lowest BCUT2D eigenvalue weighted by atomic mass is 9.97. The van der Waals surface area contributed by atoms with E-state index in [4.69, 9.17) is 4.74 Å². The summed E-state index contributed by atoms with van der Waals surface area (Å²) in [5.41, 5.74) is 0.962. The third kappa shape index (κ3) is 3.80. The first-order valence-electron chi connectivity index (χ1n) is 7.29. The molecule has 6 nitrogen and oxygen atoms in total. The predicted molar refractivity (Wildman–Crippen MR) is 79.5 cm³/mol. The number of nitrogens with zero attached hydrogens (tertiary/aromatic N) is 2. The van der Waals surface area contributed by atoms with Crippen LogP contribution in [-0.4, -0.2) is 42.6 Å². The highest BCUT2D eigenvalue weighted by molar-refractivity contribution is 5.95. The summed E-state index contributed by atoms with van der Waals surface area (Å²) < 4.78 is 5.03. The molecular formula is C16H18N2O4. The van der Waals surface area contributed by atoms with Gasteiger partial charge in [0.15, 0.2) is 0 Å². The molecule has 0 aromatic heterocycles. The van der Waals surface area contributed by atoms with Crippen LogP contribution in [0.4, 0.5) is 5.69 Å². The van der Waals surface area contributed by atoms with Gasteiger partial charge in [-0.15, -0.1) is 0 Å². The highest BCUT2D eigenvalue weighted by Gasteiger charge is 2.29. The number of isocyanates is 1. The fourth-order valence-corrected chi connectivity index (χ4v) is 2.53. The van der Waals surface area contributed by atoms with Gasteiger partial charge in [0, 0.05) is 18.7 Å². The molecule has 1 fully saturated rings. The number of amides is 1. The monoisotopic (exact) mass is 302 g/mol. The Bertz CT molecular complexity index is 591. The van der Waals surface area contributed by atoms with E-state index in [0.29, 0.717) is 30.9 Å². The minimum absolute atomic E-state index is 0.129. The zero-order valence-corrected chi connectivity index (χ0v) is 12.4. The molecule has 1 atom stereocenters. The molecule has 22 heavy (non-hydrogen) atoms. The number of likely N-dealkylation sites (tertiary alicyclic amines) is 1. The van der Waals surface area contributed by atoms with E-state index in [1.807, 2.05) is 0 Å². The summed E-state index contributed by atoms with van der Waals surface area (Å²) >= 11 is 0. The number of aliphatic imine (C=N–C) groups is 1. The number of benzene rings is 1. The van der Waals surface area contributed by atoms with Gasteiger partial charge < -0.3 is 9.64 Å². The number of ether oxygens (including phenoxy) is 1. The Morgan fingerprint density at radius 1 is 1.36 bits per heavy atom. The molecule has 0 bridgehead atoms. The van der Waals surface area contributed by atoms with E-state index in [9.17, 15) is 14.4 Å². The second kappa shape index (κ2) is 7.52. The van der Waals surface area contributed by atoms with Crippen molar-refractivity contribution in [3.63, 3.8) is 0 Å².